The lowest BCUT2D eigenvalue weighted by Gasteiger charge is -2.14. The summed E-state index contributed by atoms with van der Waals surface area (Å²) in [6.45, 7) is 2.61. The van der Waals surface area contributed by atoms with Gasteiger partial charge in [-0.3, -0.25) is 14.3 Å². The van der Waals surface area contributed by atoms with Gasteiger partial charge in [-0.2, -0.15) is 8.42 Å². The molecule has 0 aromatic heterocycles. The Balaban J connectivity index is 1.66. The summed E-state index contributed by atoms with van der Waals surface area (Å²) in [5, 5.41) is 11.7. The third kappa shape index (κ3) is 7.14. The molecule has 0 atom stereocenters. The van der Waals surface area contributed by atoms with E-state index in [0.29, 0.717) is 17.7 Å². The standard InChI is InChI=1S/C25H28N2O5S2/c1-19-10-13-22(14-11-19)34(30,31)32-16-6-7-20-12-15-25(23(17-20)27(28)29)33-24-9-5-4-8-21(24)18-26(2)3/h4-5,8-15,17H,6-7,16,18H2,1-3H3. The monoisotopic (exact) mass is 500 g/mol. The molecule has 34 heavy (non-hydrogen) atoms. The van der Waals surface area contributed by atoms with Gasteiger partial charge in [0.15, 0.2) is 0 Å². The molecule has 3 aromatic carbocycles. The average Bonchev–Trinajstić information content (AvgIpc) is 2.78. The summed E-state index contributed by atoms with van der Waals surface area (Å²) in [5.74, 6) is 0. The topological polar surface area (TPSA) is 89.8 Å². The van der Waals surface area contributed by atoms with Crippen LogP contribution in [-0.2, 0) is 27.3 Å². The Hall–Kier alpha value is -2.72. The predicted molar refractivity (Wildman–Crippen MR) is 134 cm³/mol. The maximum atomic E-state index is 12.3. The highest BCUT2D eigenvalue weighted by molar-refractivity contribution is 7.99. The molecular formula is C25H28N2O5S2. The fraction of sp³-hybridized carbons (Fsp3) is 0.280. The van der Waals surface area contributed by atoms with E-state index in [-0.39, 0.29) is 22.1 Å². The fourth-order valence-electron chi connectivity index (χ4n) is 3.36. The lowest BCUT2D eigenvalue weighted by atomic mass is 10.1. The van der Waals surface area contributed by atoms with Gasteiger partial charge in [0.1, 0.15) is 0 Å². The Bertz CT molecular complexity index is 1240. The van der Waals surface area contributed by atoms with Crippen molar-refractivity contribution in [1.29, 1.82) is 0 Å². The summed E-state index contributed by atoms with van der Waals surface area (Å²) >= 11 is 1.38. The highest BCUT2D eigenvalue weighted by Gasteiger charge is 2.18. The molecule has 0 heterocycles. The Morgan fingerprint density at radius 2 is 1.71 bits per heavy atom. The zero-order chi connectivity index (χ0) is 24.7. The van der Waals surface area contributed by atoms with Gasteiger partial charge in [0.05, 0.1) is 21.3 Å². The molecule has 0 unspecified atom stereocenters. The first-order valence-electron chi connectivity index (χ1n) is 10.8. The number of nitro benzene ring substituents is 1. The molecule has 3 rings (SSSR count). The summed E-state index contributed by atoms with van der Waals surface area (Å²) in [5.41, 5.74) is 2.86. The van der Waals surface area contributed by atoms with E-state index in [1.807, 2.05) is 51.4 Å². The summed E-state index contributed by atoms with van der Waals surface area (Å²) in [6.07, 6.45) is 0.882. The van der Waals surface area contributed by atoms with Gasteiger partial charge in [0.25, 0.3) is 15.8 Å². The van der Waals surface area contributed by atoms with Crippen LogP contribution in [0.2, 0.25) is 0 Å². The Kier molecular flexibility index (Phi) is 8.84. The van der Waals surface area contributed by atoms with E-state index >= 15 is 0 Å². The van der Waals surface area contributed by atoms with Crippen LogP contribution >= 0.6 is 11.8 Å². The smallest absolute Gasteiger partial charge is 0.296 e. The van der Waals surface area contributed by atoms with Crippen LogP contribution in [0.15, 0.2) is 81.4 Å². The van der Waals surface area contributed by atoms with Crippen LogP contribution in [0.1, 0.15) is 23.1 Å². The van der Waals surface area contributed by atoms with Crippen LogP contribution in [0.5, 0.6) is 0 Å². The van der Waals surface area contributed by atoms with E-state index < -0.39 is 10.1 Å². The van der Waals surface area contributed by atoms with Crippen molar-refractivity contribution in [2.45, 2.75) is 41.0 Å². The number of rotatable bonds is 11. The van der Waals surface area contributed by atoms with Crippen molar-refractivity contribution in [2.75, 3.05) is 20.7 Å². The summed E-state index contributed by atoms with van der Waals surface area (Å²) in [6, 6.07) is 19.5. The van der Waals surface area contributed by atoms with Crippen LogP contribution in [0, 0.1) is 17.0 Å². The molecule has 0 saturated heterocycles. The van der Waals surface area contributed by atoms with Crippen molar-refractivity contribution in [3.8, 4) is 0 Å². The first-order chi connectivity index (χ1) is 16.2. The number of aryl methyl sites for hydroxylation is 2. The maximum absolute atomic E-state index is 12.3. The first kappa shape index (κ1) is 25.9. The Labute approximate surface area is 205 Å². The molecular weight excluding hydrogens is 472 g/mol. The molecule has 0 aliphatic heterocycles. The van der Waals surface area contributed by atoms with Crippen molar-refractivity contribution in [2.24, 2.45) is 0 Å². The van der Waals surface area contributed by atoms with E-state index in [9.17, 15) is 18.5 Å². The van der Waals surface area contributed by atoms with Crippen LogP contribution in [0.3, 0.4) is 0 Å². The normalized spacial score (nSPS) is 11.6. The number of hydrogen-bond acceptors (Lipinski definition) is 7. The molecule has 0 N–H and O–H groups in total. The number of benzene rings is 3. The molecule has 0 aliphatic rings. The van der Waals surface area contributed by atoms with Gasteiger partial charge in [0.2, 0.25) is 0 Å². The molecule has 9 heteroatoms. The van der Waals surface area contributed by atoms with Gasteiger partial charge in [-0.25, -0.2) is 0 Å². The molecule has 0 saturated carbocycles. The number of hydrogen-bond donors (Lipinski definition) is 0. The molecule has 0 aliphatic carbocycles. The molecule has 0 radical (unpaired) electrons. The Morgan fingerprint density at radius 1 is 1.00 bits per heavy atom. The molecule has 0 spiro atoms. The van der Waals surface area contributed by atoms with Crippen LogP contribution < -0.4 is 0 Å². The van der Waals surface area contributed by atoms with Crippen LogP contribution in [0.25, 0.3) is 0 Å². The van der Waals surface area contributed by atoms with Crippen molar-refractivity contribution in [3.05, 3.63) is 93.5 Å². The van der Waals surface area contributed by atoms with Gasteiger partial charge in [-0.15, -0.1) is 0 Å². The van der Waals surface area contributed by atoms with Crippen molar-refractivity contribution >= 4 is 27.6 Å². The first-order valence-corrected chi connectivity index (χ1v) is 13.0. The predicted octanol–water partition coefficient (Wildman–Crippen LogP) is 5.45. The zero-order valence-electron chi connectivity index (χ0n) is 19.4. The van der Waals surface area contributed by atoms with Gasteiger partial charge in [0, 0.05) is 17.5 Å². The van der Waals surface area contributed by atoms with Gasteiger partial charge in [-0.05, 0) is 69.3 Å². The summed E-state index contributed by atoms with van der Waals surface area (Å²) < 4.78 is 29.7. The zero-order valence-corrected chi connectivity index (χ0v) is 21.1. The minimum Gasteiger partial charge on any atom is -0.305 e. The third-order valence-corrected chi connectivity index (χ3v) is 7.57. The van der Waals surface area contributed by atoms with Gasteiger partial charge in [-0.1, -0.05) is 53.7 Å². The average molecular weight is 501 g/mol. The molecule has 7 nitrogen and oxygen atoms in total. The lowest BCUT2D eigenvalue weighted by Crippen LogP contribution is -2.11. The van der Waals surface area contributed by atoms with Crippen molar-refractivity contribution < 1.29 is 17.5 Å². The fourth-order valence-corrected chi connectivity index (χ4v) is 5.32. The maximum Gasteiger partial charge on any atom is 0.296 e. The number of nitro groups is 1. The van der Waals surface area contributed by atoms with Gasteiger partial charge >= 0.3 is 0 Å². The third-order valence-electron chi connectivity index (χ3n) is 5.06. The van der Waals surface area contributed by atoms with Crippen molar-refractivity contribution in [1.82, 2.24) is 4.90 Å². The SMILES string of the molecule is Cc1ccc(S(=O)(=O)OCCCc2ccc(Sc3ccccc3CN(C)C)c([N+](=O)[O-])c2)cc1. The molecule has 0 fully saturated rings. The summed E-state index contributed by atoms with van der Waals surface area (Å²) in [7, 11) is 0.139. The second-order valence-electron chi connectivity index (χ2n) is 8.20. The number of nitrogens with zero attached hydrogens (tertiary/aromatic N) is 2. The highest BCUT2D eigenvalue weighted by Crippen LogP contribution is 2.37. The molecule has 0 amide bonds. The minimum absolute atomic E-state index is 0.00157. The highest BCUT2D eigenvalue weighted by atomic mass is 32.2. The minimum atomic E-state index is -3.82. The quantitative estimate of drug-likeness (QED) is 0.150. The van der Waals surface area contributed by atoms with Crippen molar-refractivity contribution in [3.63, 3.8) is 0 Å². The Morgan fingerprint density at radius 3 is 2.38 bits per heavy atom. The van der Waals surface area contributed by atoms with E-state index in [1.165, 1.54) is 23.9 Å². The van der Waals surface area contributed by atoms with Crippen LogP contribution in [-0.4, -0.2) is 38.9 Å². The molecule has 3 aromatic rings. The largest absolute Gasteiger partial charge is 0.305 e. The summed E-state index contributed by atoms with van der Waals surface area (Å²) in [4.78, 5) is 15.1. The van der Waals surface area contributed by atoms with E-state index in [4.69, 9.17) is 4.18 Å². The second kappa shape index (κ2) is 11.6. The second-order valence-corrected chi connectivity index (χ2v) is 10.9. The molecule has 180 valence electrons. The van der Waals surface area contributed by atoms with E-state index in [2.05, 4.69) is 4.90 Å². The van der Waals surface area contributed by atoms with Crippen LogP contribution in [0.4, 0.5) is 5.69 Å². The lowest BCUT2D eigenvalue weighted by molar-refractivity contribution is -0.387. The van der Waals surface area contributed by atoms with E-state index in [0.717, 1.165) is 28.1 Å². The van der Waals surface area contributed by atoms with E-state index in [1.54, 1.807) is 24.3 Å². The molecule has 0 bridgehead atoms. The van der Waals surface area contributed by atoms with Gasteiger partial charge < -0.3 is 4.90 Å².